The van der Waals surface area contributed by atoms with E-state index in [0.717, 1.165) is 6.42 Å². The zero-order valence-electron chi connectivity index (χ0n) is 9.10. The first-order valence-electron chi connectivity index (χ1n) is 5.52. The van der Waals surface area contributed by atoms with E-state index in [4.69, 9.17) is 4.84 Å². The molecule has 0 N–H and O–H groups in total. The van der Waals surface area contributed by atoms with E-state index < -0.39 is 0 Å². The molecule has 2 nitrogen and oxygen atoms in total. The van der Waals surface area contributed by atoms with Crippen molar-refractivity contribution < 1.29 is 4.84 Å². The Bertz CT molecular complexity index is 181. The minimum Gasteiger partial charge on any atom is -0.389 e. The zero-order valence-corrected chi connectivity index (χ0v) is 9.10. The summed E-state index contributed by atoms with van der Waals surface area (Å²) in [5, 5.41) is 4.03. The van der Waals surface area contributed by atoms with Crippen LogP contribution in [0, 0.1) is 0 Å². The molecule has 0 aromatic rings. The molecule has 1 fully saturated rings. The van der Waals surface area contributed by atoms with E-state index in [9.17, 15) is 0 Å². The molecule has 0 aromatic carbocycles. The number of nitrogens with zero attached hydrogens (tertiary/aromatic N) is 1. The van der Waals surface area contributed by atoms with Crippen LogP contribution < -0.4 is 0 Å². The number of oxime groups is 1. The van der Waals surface area contributed by atoms with Gasteiger partial charge in [0.1, 0.15) is 5.60 Å². The van der Waals surface area contributed by atoms with Crippen molar-refractivity contribution in [2.45, 2.75) is 64.9 Å². The van der Waals surface area contributed by atoms with Crippen molar-refractivity contribution in [1.82, 2.24) is 0 Å². The lowest BCUT2D eigenvalue weighted by Crippen LogP contribution is -2.31. The molecule has 1 spiro atoms. The van der Waals surface area contributed by atoms with Gasteiger partial charge in [0, 0.05) is 6.42 Å². The number of hydrogen-bond acceptors (Lipinski definition) is 2. The van der Waals surface area contributed by atoms with Crippen LogP contribution in [0.1, 0.15) is 59.3 Å². The smallest absolute Gasteiger partial charge is 0.143 e. The molecule has 0 aromatic heterocycles. The van der Waals surface area contributed by atoms with Crippen LogP contribution in [0.3, 0.4) is 0 Å². The van der Waals surface area contributed by atoms with Gasteiger partial charge in [0.15, 0.2) is 0 Å². The van der Waals surface area contributed by atoms with Crippen LogP contribution in [-0.2, 0) is 4.84 Å². The molecule has 2 heteroatoms. The average molecular weight is 183 g/mol. The predicted octanol–water partition coefficient (Wildman–Crippen LogP) is 3.51. The Morgan fingerprint density at radius 3 is 2.23 bits per heavy atom. The lowest BCUT2D eigenvalue weighted by Gasteiger charge is -2.30. The molecule has 0 radical (unpaired) electrons. The van der Waals surface area contributed by atoms with E-state index in [1.807, 2.05) is 13.8 Å². The van der Waals surface area contributed by atoms with Crippen molar-refractivity contribution in [1.29, 1.82) is 0 Å². The summed E-state index contributed by atoms with van der Waals surface area (Å²) < 4.78 is 0. The van der Waals surface area contributed by atoms with Crippen molar-refractivity contribution in [2.24, 2.45) is 5.16 Å². The minimum absolute atomic E-state index is 0.141. The van der Waals surface area contributed by atoms with Gasteiger partial charge in [-0.05, 0) is 32.6 Å². The molecular formula is C11H21NO. The Morgan fingerprint density at radius 1 is 1.15 bits per heavy atom. The highest BCUT2D eigenvalue weighted by Crippen LogP contribution is 2.37. The third-order valence-corrected chi connectivity index (χ3v) is 2.74. The first-order chi connectivity index (χ1) is 6.31. The summed E-state index contributed by atoms with van der Waals surface area (Å²) in [5.74, 6) is 0. The standard InChI is InChI=1S/C9H15NO.C2H6/c1-8-7-9(11-10-8)5-3-2-4-6-9;1-2/h2-7H2,1H3;1-2H3. The largest absolute Gasteiger partial charge is 0.389 e. The maximum atomic E-state index is 5.48. The van der Waals surface area contributed by atoms with Gasteiger partial charge in [-0.1, -0.05) is 25.4 Å². The van der Waals surface area contributed by atoms with Crippen LogP contribution in [0.4, 0.5) is 0 Å². The van der Waals surface area contributed by atoms with Crippen LogP contribution in [0.25, 0.3) is 0 Å². The monoisotopic (exact) mass is 183 g/mol. The lowest BCUT2D eigenvalue weighted by atomic mass is 9.82. The van der Waals surface area contributed by atoms with E-state index in [0.29, 0.717) is 0 Å². The Hall–Kier alpha value is -0.530. The summed E-state index contributed by atoms with van der Waals surface area (Å²) in [7, 11) is 0. The van der Waals surface area contributed by atoms with Gasteiger partial charge < -0.3 is 4.84 Å². The minimum atomic E-state index is 0.141. The normalized spacial score (nSPS) is 24.4. The third kappa shape index (κ3) is 2.45. The van der Waals surface area contributed by atoms with E-state index in [1.54, 1.807) is 0 Å². The maximum Gasteiger partial charge on any atom is 0.143 e. The van der Waals surface area contributed by atoms with Crippen molar-refractivity contribution in [3.63, 3.8) is 0 Å². The van der Waals surface area contributed by atoms with Crippen LogP contribution in [0.15, 0.2) is 5.16 Å². The topological polar surface area (TPSA) is 21.6 Å². The highest BCUT2D eigenvalue weighted by Gasteiger charge is 2.38. The Morgan fingerprint density at radius 2 is 1.77 bits per heavy atom. The molecule has 0 atom stereocenters. The van der Waals surface area contributed by atoms with Gasteiger partial charge in [-0.15, -0.1) is 0 Å². The molecule has 76 valence electrons. The predicted molar refractivity (Wildman–Crippen MR) is 56.0 cm³/mol. The molecule has 0 saturated heterocycles. The SMILES string of the molecule is CC.CC1=NOC2(CCCCC2)C1. The van der Waals surface area contributed by atoms with Crippen molar-refractivity contribution in [3.05, 3.63) is 0 Å². The second kappa shape index (κ2) is 4.64. The Labute approximate surface area is 81.3 Å². The van der Waals surface area contributed by atoms with Gasteiger partial charge in [-0.2, -0.15) is 0 Å². The van der Waals surface area contributed by atoms with Crippen LogP contribution in [-0.4, -0.2) is 11.3 Å². The highest BCUT2D eigenvalue weighted by atomic mass is 16.7. The summed E-state index contributed by atoms with van der Waals surface area (Å²) in [4.78, 5) is 5.48. The first kappa shape index (κ1) is 10.6. The molecule has 1 aliphatic heterocycles. The second-order valence-corrected chi connectivity index (χ2v) is 3.84. The van der Waals surface area contributed by atoms with Gasteiger partial charge in [0.2, 0.25) is 0 Å². The molecule has 0 amide bonds. The van der Waals surface area contributed by atoms with Gasteiger partial charge in [-0.25, -0.2) is 0 Å². The lowest BCUT2D eigenvalue weighted by molar-refractivity contribution is -0.0449. The van der Waals surface area contributed by atoms with E-state index in [-0.39, 0.29) is 5.60 Å². The van der Waals surface area contributed by atoms with Crippen molar-refractivity contribution in [3.8, 4) is 0 Å². The molecule has 1 aliphatic carbocycles. The third-order valence-electron chi connectivity index (χ3n) is 2.74. The van der Waals surface area contributed by atoms with Gasteiger partial charge in [0.05, 0.1) is 5.71 Å². The average Bonchev–Trinajstić information content (AvgIpc) is 2.52. The van der Waals surface area contributed by atoms with Crippen molar-refractivity contribution >= 4 is 5.71 Å². The van der Waals surface area contributed by atoms with E-state index in [1.165, 1.54) is 37.8 Å². The van der Waals surface area contributed by atoms with Gasteiger partial charge >= 0.3 is 0 Å². The van der Waals surface area contributed by atoms with Gasteiger partial charge in [0.25, 0.3) is 0 Å². The Kier molecular flexibility index (Phi) is 3.76. The first-order valence-corrected chi connectivity index (χ1v) is 5.52. The fourth-order valence-electron chi connectivity index (χ4n) is 2.17. The molecule has 1 saturated carbocycles. The molecule has 1 heterocycles. The van der Waals surface area contributed by atoms with Crippen LogP contribution >= 0.6 is 0 Å². The maximum absolute atomic E-state index is 5.48. The quantitative estimate of drug-likeness (QED) is 0.563. The molecule has 2 aliphatic rings. The van der Waals surface area contributed by atoms with E-state index >= 15 is 0 Å². The number of hydrogen-bond donors (Lipinski definition) is 0. The fourth-order valence-corrected chi connectivity index (χ4v) is 2.17. The molecule has 0 bridgehead atoms. The van der Waals surface area contributed by atoms with Crippen molar-refractivity contribution in [2.75, 3.05) is 0 Å². The highest BCUT2D eigenvalue weighted by molar-refractivity contribution is 5.83. The molecule has 13 heavy (non-hydrogen) atoms. The zero-order chi connectivity index (χ0) is 9.73. The molecular weight excluding hydrogens is 162 g/mol. The van der Waals surface area contributed by atoms with Gasteiger partial charge in [-0.3, -0.25) is 0 Å². The second-order valence-electron chi connectivity index (χ2n) is 3.84. The van der Waals surface area contributed by atoms with Crippen LogP contribution in [0.2, 0.25) is 0 Å². The summed E-state index contributed by atoms with van der Waals surface area (Å²) in [6.45, 7) is 6.06. The summed E-state index contributed by atoms with van der Waals surface area (Å²) >= 11 is 0. The summed E-state index contributed by atoms with van der Waals surface area (Å²) in [6, 6.07) is 0. The molecule has 0 unspecified atom stereocenters. The van der Waals surface area contributed by atoms with Crippen LogP contribution in [0.5, 0.6) is 0 Å². The number of rotatable bonds is 0. The Balaban J connectivity index is 0.000000396. The fraction of sp³-hybridized carbons (Fsp3) is 0.909. The summed E-state index contributed by atoms with van der Waals surface area (Å²) in [6.07, 6.45) is 7.53. The molecule has 2 rings (SSSR count). The van der Waals surface area contributed by atoms with E-state index in [2.05, 4.69) is 12.1 Å². The summed E-state index contributed by atoms with van der Waals surface area (Å²) in [5.41, 5.74) is 1.31.